The summed E-state index contributed by atoms with van der Waals surface area (Å²) < 4.78 is 0. The number of nitrogens with zero attached hydrogens (tertiary/aromatic N) is 3. The number of hydrogen-bond donors (Lipinski definition) is 2. The normalized spacial score (nSPS) is 11.4. The van der Waals surface area contributed by atoms with E-state index in [9.17, 15) is 20.3 Å². The fourth-order valence-corrected chi connectivity index (χ4v) is 1.90. The fraction of sp³-hybridized carbons (Fsp3) is 0.545. The van der Waals surface area contributed by atoms with E-state index in [4.69, 9.17) is 11.6 Å². The summed E-state index contributed by atoms with van der Waals surface area (Å²) >= 11 is 5.95. The largest absolute Gasteiger partial charge is 0.396 e. The number of hydrogen-bond acceptors (Lipinski definition) is 6. The van der Waals surface area contributed by atoms with Gasteiger partial charge in [0.2, 0.25) is 0 Å². The van der Waals surface area contributed by atoms with Gasteiger partial charge in [-0.2, -0.15) is 0 Å². The van der Waals surface area contributed by atoms with Crippen LogP contribution in [0.25, 0.3) is 0 Å². The first-order valence-corrected chi connectivity index (χ1v) is 5.93. The maximum atomic E-state index is 10.6. The highest BCUT2D eigenvalue weighted by atomic mass is 35.5. The van der Waals surface area contributed by atoms with Gasteiger partial charge in [0.15, 0.2) is 0 Å². The molecule has 0 saturated heterocycles. The Morgan fingerprint density at radius 1 is 1.53 bits per heavy atom. The lowest BCUT2D eigenvalue weighted by atomic mass is 9.92. The van der Waals surface area contributed by atoms with Crippen molar-refractivity contribution in [2.75, 3.05) is 31.7 Å². The van der Waals surface area contributed by atoms with Crippen LogP contribution in [0.2, 0.25) is 5.02 Å². The van der Waals surface area contributed by atoms with Crippen LogP contribution in [0.1, 0.15) is 6.92 Å². The highest BCUT2D eigenvalue weighted by Gasteiger charge is 2.26. The molecule has 0 aliphatic carbocycles. The Balaban J connectivity index is 2.94. The molecule has 8 heteroatoms. The molecule has 19 heavy (non-hydrogen) atoms. The Morgan fingerprint density at radius 3 is 2.53 bits per heavy atom. The third-order valence-corrected chi connectivity index (χ3v) is 3.04. The van der Waals surface area contributed by atoms with Crippen LogP contribution < -0.4 is 4.90 Å². The molecule has 1 rings (SSSR count). The molecule has 0 aliphatic heterocycles. The third kappa shape index (κ3) is 3.76. The summed E-state index contributed by atoms with van der Waals surface area (Å²) in [5, 5.41) is 29.2. The Hall–Kier alpha value is -1.44. The number of aliphatic hydroxyl groups is 2. The molecule has 106 valence electrons. The number of nitro groups is 1. The van der Waals surface area contributed by atoms with E-state index in [1.807, 2.05) is 0 Å². The van der Waals surface area contributed by atoms with Crippen molar-refractivity contribution in [3.63, 3.8) is 0 Å². The van der Waals surface area contributed by atoms with Crippen molar-refractivity contribution in [3.8, 4) is 0 Å². The predicted molar refractivity (Wildman–Crippen MR) is 71.5 cm³/mol. The molecular formula is C11H16ClN3O4. The first-order valence-electron chi connectivity index (χ1n) is 5.56. The maximum Gasteiger partial charge on any atom is 0.289 e. The molecular weight excluding hydrogens is 274 g/mol. The van der Waals surface area contributed by atoms with E-state index in [-0.39, 0.29) is 23.9 Å². The third-order valence-electron chi connectivity index (χ3n) is 2.76. The van der Waals surface area contributed by atoms with Crippen molar-refractivity contribution in [2.45, 2.75) is 6.92 Å². The molecule has 0 saturated carbocycles. The average Bonchev–Trinajstić information content (AvgIpc) is 2.38. The zero-order chi connectivity index (χ0) is 14.6. The van der Waals surface area contributed by atoms with Crippen LogP contribution in [0, 0.1) is 15.5 Å². The lowest BCUT2D eigenvalue weighted by Gasteiger charge is -2.31. The van der Waals surface area contributed by atoms with E-state index in [1.165, 1.54) is 6.07 Å². The van der Waals surface area contributed by atoms with Gasteiger partial charge in [0, 0.05) is 25.1 Å². The Kier molecular flexibility index (Phi) is 5.04. The zero-order valence-corrected chi connectivity index (χ0v) is 11.5. The van der Waals surface area contributed by atoms with E-state index in [2.05, 4.69) is 4.98 Å². The van der Waals surface area contributed by atoms with Crippen LogP contribution in [0.3, 0.4) is 0 Å². The van der Waals surface area contributed by atoms with E-state index >= 15 is 0 Å². The number of anilines is 1. The molecule has 0 radical (unpaired) electrons. The fourth-order valence-electron chi connectivity index (χ4n) is 1.60. The monoisotopic (exact) mass is 289 g/mol. The molecule has 0 atom stereocenters. The van der Waals surface area contributed by atoms with E-state index < -0.39 is 10.3 Å². The minimum atomic E-state index is -0.707. The van der Waals surface area contributed by atoms with Crippen molar-refractivity contribution in [3.05, 3.63) is 27.4 Å². The second-order valence-electron chi connectivity index (χ2n) is 4.74. The molecule has 1 aromatic rings. The van der Waals surface area contributed by atoms with Crippen LogP contribution in [0.4, 0.5) is 11.5 Å². The van der Waals surface area contributed by atoms with Crippen LogP contribution in [-0.4, -0.2) is 46.9 Å². The van der Waals surface area contributed by atoms with E-state index in [0.29, 0.717) is 12.4 Å². The summed E-state index contributed by atoms with van der Waals surface area (Å²) in [7, 11) is 1.68. The maximum absolute atomic E-state index is 10.6. The van der Waals surface area contributed by atoms with Crippen LogP contribution in [0.15, 0.2) is 12.3 Å². The molecule has 0 aliphatic rings. The van der Waals surface area contributed by atoms with Crippen molar-refractivity contribution in [1.82, 2.24) is 4.98 Å². The second kappa shape index (κ2) is 6.14. The number of aromatic nitrogens is 1. The van der Waals surface area contributed by atoms with Crippen LogP contribution in [0.5, 0.6) is 0 Å². The molecule has 1 aromatic heterocycles. The minimum absolute atomic E-state index is 0.148. The van der Waals surface area contributed by atoms with Crippen LogP contribution >= 0.6 is 11.6 Å². The Labute approximate surface area is 115 Å². The minimum Gasteiger partial charge on any atom is -0.396 e. The SMILES string of the molecule is CN(CC(C)(CO)CO)c1ncc([N+](=O)[O-])cc1Cl. The highest BCUT2D eigenvalue weighted by Crippen LogP contribution is 2.28. The Morgan fingerprint density at radius 2 is 2.11 bits per heavy atom. The molecule has 0 spiro atoms. The number of pyridine rings is 1. The van der Waals surface area contributed by atoms with E-state index in [0.717, 1.165) is 6.20 Å². The molecule has 0 bridgehead atoms. The predicted octanol–water partition coefficient (Wildman–Crippen LogP) is 1.07. The van der Waals surface area contributed by atoms with Gasteiger partial charge < -0.3 is 15.1 Å². The van der Waals surface area contributed by atoms with Gasteiger partial charge in [-0.15, -0.1) is 0 Å². The summed E-state index contributed by atoms with van der Waals surface area (Å²) in [5.74, 6) is 0.361. The zero-order valence-electron chi connectivity index (χ0n) is 10.7. The van der Waals surface area contributed by atoms with Crippen molar-refractivity contribution >= 4 is 23.1 Å². The molecule has 1 heterocycles. The Bertz CT molecular complexity index is 465. The summed E-state index contributed by atoms with van der Waals surface area (Å²) in [6.45, 7) is 1.63. The van der Waals surface area contributed by atoms with Crippen molar-refractivity contribution in [1.29, 1.82) is 0 Å². The first-order chi connectivity index (χ1) is 8.83. The van der Waals surface area contributed by atoms with Gasteiger partial charge in [-0.3, -0.25) is 10.1 Å². The van der Waals surface area contributed by atoms with Crippen molar-refractivity contribution in [2.24, 2.45) is 5.41 Å². The quantitative estimate of drug-likeness (QED) is 0.600. The smallest absolute Gasteiger partial charge is 0.289 e. The molecule has 0 amide bonds. The van der Waals surface area contributed by atoms with Gasteiger partial charge in [-0.25, -0.2) is 4.98 Å². The highest BCUT2D eigenvalue weighted by molar-refractivity contribution is 6.33. The topological polar surface area (TPSA) is 99.7 Å². The summed E-state index contributed by atoms with van der Waals surface area (Å²) in [6, 6.07) is 1.22. The molecule has 0 unspecified atom stereocenters. The standard InChI is InChI=1S/C11H16ClN3O4/c1-11(6-16,7-17)5-14(2)10-9(12)3-8(4-13-10)15(18)19/h3-4,16-17H,5-7H2,1-2H3. The summed E-state index contributed by atoms with van der Waals surface area (Å²) in [5.41, 5.74) is -0.893. The summed E-state index contributed by atoms with van der Waals surface area (Å²) in [6.07, 6.45) is 1.12. The number of halogens is 1. The lowest BCUT2D eigenvalue weighted by Crippen LogP contribution is -2.39. The van der Waals surface area contributed by atoms with Gasteiger partial charge in [0.25, 0.3) is 5.69 Å². The molecule has 0 fully saturated rings. The average molecular weight is 290 g/mol. The van der Waals surface area contributed by atoms with Gasteiger partial charge in [-0.05, 0) is 0 Å². The van der Waals surface area contributed by atoms with Gasteiger partial charge >= 0.3 is 0 Å². The number of aliphatic hydroxyl groups excluding tert-OH is 2. The molecule has 2 N–H and O–H groups in total. The first kappa shape index (κ1) is 15.6. The second-order valence-corrected chi connectivity index (χ2v) is 5.15. The summed E-state index contributed by atoms with van der Waals surface area (Å²) in [4.78, 5) is 15.6. The van der Waals surface area contributed by atoms with Crippen LogP contribution in [-0.2, 0) is 0 Å². The lowest BCUT2D eigenvalue weighted by molar-refractivity contribution is -0.385. The molecule has 0 aromatic carbocycles. The van der Waals surface area contributed by atoms with E-state index in [1.54, 1.807) is 18.9 Å². The number of rotatable bonds is 6. The van der Waals surface area contributed by atoms with Gasteiger partial charge in [0.1, 0.15) is 12.0 Å². The molecule has 7 nitrogen and oxygen atoms in total. The van der Waals surface area contributed by atoms with Gasteiger partial charge in [-0.1, -0.05) is 18.5 Å². The van der Waals surface area contributed by atoms with Gasteiger partial charge in [0.05, 0.1) is 23.2 Å². The van der Waals surface area contributed by atoms with Crippen molar-refractivity contribution < 1.29 is 15.1 Å².